The summed E-state index contributed by atoms with van der Waals surface area (Å²) in [5.74, 6) is 0. The fourth-order valence-corrected chi connectivity index (χ4v) is 2.46. The zero-order valence-corrected chi connectivity index (χ0v) is 10.0. The van der Waals surface area contributed by atoms with E-state index in [9.17, 15) is 8.78 Å². The van der Waals surface area contributed by atoms with Gasteiger partial charge in [-0.15, -0.1) is 0 Å². The molecule has 1 rings (SSSR count). The van der Waals surface area contributed by atoms with Crippen molar-refractivity contribution in [3.8, 4) is 0 Å². The van der Waals surface area contributed by atoms with Crippen molar-refractivity contribution in [2.45, 2.75) is 13.0 Å². The Morgan fingerprint density at radius 1 is 1.62 bits per heavy atom. The molecule has 1 aromatic heterocycles. The summed E-state index contributed by atoms with van der Waals surface area (Å²) in [6, 6.07) is 1.58. The molecule has 0 saturated carbocycles. The maximum Gasteiger partial charge on any atom is 0.280 e. The summed E-state index contributed by atoms with van der Waals surface area (Å²) >= 11 is 4.90. The van der Waals surface area contributed by atoms with Crippen molar-refractivity contribution in [3.05, 3.63) is 25.5 Å². The van der Waals surface area contributed by atoms with Crippen molar-refractivity contribution in [1.29, 1.82) is 0 Å². The van der Waals surface area contributed by atoms with Crippen LogP contribution in [0.4, 0.5) is 8.78 Å². The number of hydrogen-bond acceptors (Lipinski definition) is 2. The van der Waals surface area contributed by atoms with Crippen molar-refractivity contribution < 1.29 is 13.9 Å². The van der Waals surface area contributed by atoms with Gasteiger partial charge in [-0.2, -0.15) is 0 Å². The van der Waals surface area contributed by atoms with Gasteiger partial charge < -0.3 is 5.11 Å². The topological polar surface area (TPSA) is 33.1 Å². The highest BCUT2D eigenvalue weighted by molar-refractivity contribution is 14.1. The lowest BCUT2D eigenvalue weighted by molar-refractivity contribution is 0.141. The lowest BCUT2D eigenvalue weighted by Crippen LogP contribution is -2.01. The third-order valence-corrected chi connectivity index (χ3v) is 2.80. The zero-order valence-electron chi connectivity index (χ0n) is 6.27. The quantitative estimate of drug-likeness (QED) is 0.647. The Bertz CT molecular complexity index is 322. The molecule has 1 N–H and O–H groups in total. The van der Waals surface area contributed by atoms with Crippen LogP contribution in [0.3, 0.4) is 0 Å². The van der Waals surface area contributed by atoms with Gasteiger partial charge in [-0.3, -0.25) is 0 Å². The van der Waals surface area contributed by atoms with Crippen molar-refractivity contribution in [3.63, 3.8) is 0 Å². The number of alkyl halides is 2. The molecule has 0 aliphatic heterocycles. The maximum atomic E-state index is 12.4. The van der Waals surface area contributed by atoms with Gasteiger partial charge in [0.05, 0.1) is 6.61 Å². The minimum atomic E-state index is -2.66. The maximum absolute atomic E-state index is 12.4. The number of pyridine rings is 1. The Labute approximate surface area is 95.6 Å². The summed E-state index contributed by atoms with van der Waals surface area (Å²) in [6.07, 6.45) is -2.66. The molecule has 0 saturated heterocycles. The summed E-state index contributed by atoms with van der Waals surface area (Å²) in [5.41, 5.74) is -0.167. The average Bonchev–Trinajstić information content (AvgIpc) is 2.02. The van der Waals surface area contributed by atoms with E-state index in [2.05, 4.69) is 20.9 Å². The molecule has 13 heavy (non-hydrogen) atoms. The summed E-state index contributed by atoms with van der Waals surface area (Å²) in [7, 11) is 0. The molecule has 0 unspecified atom stereocenters. The lowest BCUT2D eigenvalue weighted by atomic mass is 10.2. The van der Waals surface area contributed by atoms with Gasteiger partial charge in [0.15, 0.2) is 0 Å². The van der Waals surface area contributed by atoms with Crippen molar-refractivity contribution in [2.75, 3.05) is 0 Å². The first kappa shape index (κ1) is 11.3. The fraction of sp³-hybridized carbons (Fsp3) is 0.286. The molecule has 6 heteroatoms. The Kier molecular flexibility index (Phi) is 3.99. The van der Waals surface area contributed by atoms with Crippen LogP contribution in [0.5, 0.6) is 0 Å². The summed E-state index contributed by atoms with van der Waals surface area (Å²) < 4.78 is 25.7. The van der Waals surface area contributed by atoms with E-state index in [1.54, 1.807) is 6.07 Å². The Morgan fingerprint density at radius 3 is 2.69 bits per heavy atom. The van der Waals surface area contributed by atoms with Crippen LogP contribution < -0.4 is 0 Å². The SMILES string of the molecule is OCc1c(I)cc(Br)nc1C(F)F. The van der Waals surface area contributed by atoms with Crippen LogP contribution >= 0.6 is 38.5 Å². The first-order valence-corrected chi connectivity index (χ1v) is 5.17. The largest absolute Gasteiger partial charge is 0.392 e. The molecule has 0 aliphatic carbocycles. The summed E-state index contributed by atoms with van der Waals surface area (Å²) in [5, 5.41) is 8.85. The van der Waals surface area contributed by atoms with Crippen LogP contribution in [0.2, 0.25) is 0 Å². The molecule has 72 valence electrons. The Balaban J connectivity index is 3.29. The smallest absolute Gasteiger partial charge is 0.280 e. The Hall–Kier alpha value is 0.180. The van der Waals surface area contributed by atoms with Gasteiger partial charge in [0, 0.05) is 9.13 Å². The molecule has 0 radical (unpaired) electrons. The van der Waals surface area contributed by atoms with E-state index in [4.69, 9.17) is 5.11 Å². The predicted octanol–water partition coefficient (Wildman–Crippen LogP) is 2.88. The third-order valence-electron chi connectivity index (χ3n) is 1.44. The average molecular weight is 364 g/mol. The molecule has 0 fully saturated rings. The number of aliphatic hydroxyl groups is 1. The van der Waals surface area contributed by atoms with E-state index in [0.29, 0.717) is 8.17 Å². The minimum Gasteiger partial charge on any atom is -0.392 e. The Morgan fingerprint density at radius 2 is 2.23 bits per heavy atom. The summed E-state index contributed by atoms with van der Waals surface area (Å²) in [4.78, 5) is 3.61. The fourth-order valence-electron chi connectivity index (χ4n) is 0.866. The second-order valence-electron chi connectivity index (χ2n) is 2.25. The molecule has 0 bridgehead atoms. The lowest BCUT2D eigenvalue weighted by Gasteiger charge is -2.07. The molecule has 1 aromatic rings. The highest BCUT2D eigenvalue weighted by atomic mass is 127. The number of aliphatic hydroxyl groups excluding tert-OH is 1. The normalized spacial score (nSPS) is 10.9. The third kappa shape index (κ3) is 2.57. The van der Waals surface area contributed by atoms with E-state index in [0.717, 1.165) is 0 Å². The predicted molar refractivity (Wildman–Crippen MR) is 55.5 cm³/mol. The van der Waals surface area contributed by atoms with Crippen LogP contribution in [0.25, 0.3) is 0 Å². The molecule has 0 aliphatic rings. The van der Waals surface area contributed by atoms with Crippen LogP contribution in [-0.2, 0) is 6.61 Å². The van der Waals surface area contributed by atoms with Crippen molar-refractivity contribution in [1.82, 2.24) is 4.98 Å². The number of nitrogens with zero attached hydrogens (tertiary/aromatic N) is 1. The van der Waals surface area contributed by atoms with Gasteiger partial charge >= 0.3 is 0 Å². The van der Waals surface area contributed by atoms with E-state index in [1.165, 1.54) is 0 Å². The van der Waals surface area contributed by atoms with E-state index in [-0.39, 0.29) is 11.3 Å². The number of halogens is 4. The van der Waals surface area contributed by atoms with Crippen molar-refractivity contribution >= 4 is 38.5 Å². The first-order valence-electron chi connectivity index (χ1n) is 3.30. The van der Waals surface area contributed by atoms with E-state index < -0.39 is 13.0 Å². The van der Waals surface area contributed by atoms with Crippen LogP contribution in [0.1, 0.15) is 17.7 Å². The van der Waals surface area contributed by atoms with Gasteiger partial charge in [0.2, 0.25) is 0 Å². The van der Waals surface area contributed by atoms with Crippen LogP contribution in [-0.4, -0.2) is 10.1 Å². The second kappa shape index (κ2) is 4.61. The summed E-state index contributed by atoms with van der Waals surface area (Å²) in [6.45, 7) is -0.418. The van der Waals surface area contributed by atoms with Gasteiger partial charge in [0.1, 0.15) is 10.3 Å². The van der Waals surface area contributed by atoms with E-state index >= 15 is 0 Å². The van der Waals surface area contributed by atoms with E-state index in [1.807, 2.05) is 22.6 Å². The standard InChI is InChI=1S/C7H5BrF2INO/c8-5-1-4(11)3(2-13)6(12-5)7(9)10/h1,7,13H,2H2. The minimum absolute atomic E-state index is 0.193. The zero-order chi connectivity index (χ0) is 10.0. The van der Waals surface area contributed by atoms with Crippen LogP contribution in [0.15, 0.2) is 10.7 Å². The monoisotopic (exact) mass is 363 g/mol. The molecule has 1 heterocycles. The molecular weight excluding hydrogens is 359 g/mol. The highest BCUT2D eigenvalue weighted by Gasteiger charge is 2.17. The number of aromatic nitrogens is 1. The first-order chi connectivity index (χ1) is 6.06. The second-order valence-corrected chi connectivity index (χ2v) is 4.22. The van der Waals surface area contributed by atoms with Crippen LogP contribution in [0, 0.1) is 3.57 Å². The molecule has 0 aromatic carbocycles. The highest BCUT2D eigenvalue weighted by Crippen LogP contribution is 2.27. The molecule has 0 amide bonds. The van der Waals surface area contributed by atoms with Gasteiger partial charge in [0.25, 0.3) is 6.43 Å². The van der Waals surface area contributed by atoms with Crippen molar-refractivity contribution in [2.24, 2.45) is 0 Å². The van der Waals surface area contributed by atoms with Gasteiger partial charge in [-0.1, -0.05) is 0 Å². The van der Waals surface area contributed by atoms with Gasteiger partial charge in [-0.05, 0) is 44.6 Å². The molecule has 0 atom stereocenters. The molecule has 0 spiro atoms. The number of hydrogen-bond donors (Lipinski definition) is 1. The van der Waals surface area contributed by atoms with Gasteiger partial charge in [-0.25, -0.2) is 13.8 Å². The molecule has 2 nitrogen and oxygen atoms in total. The molecular formula is C7H5BrF2INO. The number of rotatable bonds is 2.